The molecule has 20 heavy (non-hydrogen) atoms. The van der Waals surface area contributed by atoms with Crippen molar-refractivity contribution in [3.8, 4) is 16.9 Å². The highest BCUT2D eigenvalue weighted by atomic mass is 79.9. The second-order valence-corrected chi connectivity index (χ2v) is 6.14. The lowest BCUT2D eigenvalue weighted by Crippen LogP contribution is -2.07. The molecule has 2 aromatic rings. The van der Waals surface area contributed by atoms with Crippen molar-refractivity contribution >= 4 is 15.9 Å². The molecule has 1 atom stereocenters. The number of rotatable bonds is 2. The normalized spacial score (nSPS) is 19.0. The molecule has 2 aromatic carbocycles. The van der Waals surface area contributed by atoms with Crippen molar-refractivity contribution in [2.75, 3.05) is 6.54 Å². The van der Waals surface area contributed by atoms with Gasteiger partial charge in [0.05, 0.1) is 0 Å². The van der Waals surface area contributed by atoms with Crippen LogP contribution in [-0.2, 0) is 11.9 Å². The molecular formula is C17H16BrNO. The predicted molar refractivity (Wildman–Crippen MR) is 84.3 cm³/mol. The highest BCUT2D eigenvalue weighted by Gasteiger charge is 2.25. The molecule has 102 valence electrons. The minimum Gasteiger partial charge on any atom is -0.488 e. The van der Waals surface area contributed by atoms with Crippen LogP contribution in [0.3, 0.4) is 0 Å². The Hall–Kier alpha value is -1.32. The van der Waals surface area contributed by atoms with Crippen LogP contribution >= 0.6 is 15.9 Å². The first-order valence-electron chi connectivity index (χ1n) is 6.95. The fourth-order valence-electron chi connectivity index (χ4n) is 2.84. The molecule has 0 spiro atoms. The van der Waals surface area contributed by atoms with Crippen molar-refractivity contribution in [2.24, 2.45) is 0 Å². The van der Waals surface area contributed by atoms with E-state index < -0.39 is 0 Å². The Morgan fingerprint density at radius 1 is 1.25 bits per heavy atom. The standard InChI is InChI=1S/C17H16BrNO/c1-10-4-15-14-5-11(16-8-19-16)2-3-12(14)9-20-17(15)6-13(10)7-18/h2-6,16,19H,7-9H2,1H3. The topological polar surface area (TPSA) is 31.2 Å². The number of benzene rings is 2. The molecule has 0 aromatic heterocycles. The van der Waals surface area contributed by atoms with E-state index >= 15 is 0 Å². The summed E-state index contributed by atoms with van der Waals surface area (Å²) < 4.78 is 5.93. The van der Waals surface area contributed by atoms with Crippen molar-refractivity contribution < 1.29 is 4.74 Å². The molecule has 1 unspecified atom stereocenters. The number of hydrogen-bond donors (Lipinski definition) is 1. The van der Waals surface area contributed by atoms with E-state index in [-0.39, 0.29) is 0 Å². The zero-order valence-corrected chi connectivity index (χ0v) is 13.0. The van der Waals surface area contributed by atoms with Crippen molar-refractivity contribution in [3.63, 3.8) is 0 Å². The van der Waals surface area contributed by atoms with Crippen molar-refractivity contribution in [1.29, 1.82) is 0 Å². The van der Waals surface area contributed by atoms with E-state index in [1.807, 2.05) is 0 Å². The molecule has 1 N–H and O–H groups in total. The van der Waals surface area contributed by atoms with Crippen LogP contribution in [0.1, 0.15) is 28.3 Å². The largest absolute Gasteiger partial charge is 0.488 e. The van der Waals surface area contributed by atoms with Gasteiger partial charge in [-0.05, 0) is 52.9 Å². The number of alkyl halides is 1. The Labute approximate surface area is 127 Å². The molecule has 3 heteroatoms. The summed E-state index contributed by atoms with van der Waals surface area (Å²) in [5, 5.41) is 4.24. The number of halogens is 1. The third kappa shape index (κ3) is 1.97. The van der Waals surface area contributed by atoms with Gasteiger partial charge in [-0.2, -0.15) is 0 Å². The van der Waals surface area contributed by atoms with Crippen molar-refractivity contribution in [3.05, 3.63) is 52.6 Å². The molecule has 0 saturated carbocycles. The molecule has 0 aliphatic carbocycles. The van der Waals surface area contributed by atoms with Crippen LogP contribution in [0.2, 0.25) is 0 Å². The van der Waals surface area contributed by atoms with Gasteiger partial charge < -0.3 is 10.1 Å². The van der Waals surface area contributed by atoms with Gasteiger partial charge in [-0.15, -0.1) is 0 Å². The molecule has 2 nitrogen and oxygen atoms in total. The Morgan fingerprint density at radius 3 is 2.85 bits per heavy atom. The fourth-order valence-corrected chi connectivity index (χ4v) is 3.45. The van der Waals surface area contributed by atoms with E-state index in [4.69, 9.17) is 4.74 Å². The molecular weight excluding hydrogens is 314 g/mol. The maximum absolute atomic E-state index is 5.93. The molecule has 2 aliphatic rings. The van der Waals surface area contributed by atoms with E-state index in [1.165, 1.54) is 33.4 Å². The average Bonchev–Trinajstić information content (AvgIpc) is 3.30. The van der Waals surface area contributed by atoms with Gasteiger partial charge in [0.1, 0.15) is 12.4 Å². The highest BCUT2D eigenvalue weighted by Crippen LogP contribution is 2.41. The summed E-state index contributed by atoms with van der Waals surface area (Å²) >= 11 is 3.54. The van der Waals surface area contributed by atoms with Gasteiger partial charge in [0.25, 0.3) is 0 Å². The Bertz CT molecular complexity index is 692. The first-order chi connectivity index (χ1) is 9.76. The van der Waals surface area contributed by atoms with Gasteiger partial charge in [0.2, 0.25) is 0 Å². The van der Waals surface area contributed by atoms with E-state index in [0.717, 1.165) is 17.6 Å². The van der Waals surface area contributed by atoms with Crippen LogP contribution in [0.4, 0.5) is 0 Å². The maximum Gasteiger partial charge on any atom is 0.127 e. The molecule has 2 heterocycles. The third-order valence-corrected chi connectivity index (χ3v) is 4.80. The van der Waals surface area contributed by atoms with Crippen molar-refractivity contribution in [1.82, 2.24) is 5.32 Å². The highest BCUT2D eigenvalue weighted by molar-refractivity contribution is 9.08. The van der Waals surface area contributed by atoms with Gasteiger partial charge in [0, 0.05) is 23.5 Å². The number of hydrogen-bond acceptors (Lipinski definition) is 2. The molecule has 0 radical (unpaired) electrons. The summed E-state index contributed by atoms with van der Waals surface area (Å²) in [6, 6.07) is 11.7. The number of aryl methyl sites for hydroxylation is 1. The van der Waals surface area contributed by atoms with Gasteiger partial charge in [-0.25, -0.2) is 0 Å². The molecule has 0 amide bonds. The quantitative estimate of drug-likeness (QED) is 0.664. The zero-order valence-electron chi connectivity index (χ0n) is 11.4. The maximum atomic E-state index is 5.93. The number of nitrogens with one attached hydrogen (secondary N) is 1. The number of ether oxygens (including phenoxy) is 1. The average molecular weight is 330 g/mol. The number of fused-ring (bicyclic) bond motifs is 3. The Balaban J connectivity index is 1.88. The summed E-state index contributed by atoms with van der Waals surface area (Å²) in [7, 11) is 0. The van der Waals surface area contributed by atoms with Crippen LogP contribution in [0.15, 0.2) is 30.3 Å². The van der Waals surface area contributed by atoms with E-state index in [9.17, 15) is 0 Å². The first-order valence-corrected chi connectivity index (χ1v) is 8.07. The molecule has 0 bridgehead atoms. The zero-order chi connectivity index (χ0) is 13.7. The van der Waals surface area contributed by atoms with Crippen LogP contribution in [0, 0.1) is 6.92 Å². The second-order valence-electron chi connectivity index (χ2n) is 5.57. The van der Waals surface area contributed by atoms with Crippen LogP contribution < -0.4 is 10.1 Å². The van der Waals surface area contributed by atoms with E-state index in [0.29, 0.717) is 12.6 Å². The predicted octanol–water partition coefficient (Wildman–Crippen LogP) is 4.09. The van der Waals surface area contributed by atoms with Gasteiger partial charge in [-0.1, -0.05) is 28.1 Å². The van der Waals surface area contributed by atoms with Gasteiger partial charge in [0.15, 0.2) is 0 Å². The van der Waals surface area contributed by atoms with Crippen LogP contribution in [-0.4, -0.2) is 6.54 Å². The molecule has 2 aliphatic heterocycles. The summed E-state index contributed by atoms with van der Waals surface area (Å²) in [6.07, 6.45) is 0. The minimum absolute atomic E-state index is 0.550. The fraction of sp³-hybridized carbons (Fsp3) is 0.294. The SMILES string of the molecule is Cc1cc2c(cc1CBr)OCc1ccc(C3CN3)cc1-2. The third-order valence-electron chi connectivity index (χ3n) is 4.20. The first kappa shape index (κ1) is 12.4. The van der Waals surface area contributed by atoms with E-state index in [2.05, 4.69) is 58.5 Å². The minimum atomic E-state index is 0.550. The summed E-state index contributed by atoms with van der Waals surface area (Å²) in [4.78, 5) is 0. The Morgan fingerprint density at radius 2 is 2.10 bits per heavy atom. The monoisotopic (exact) mass is 329 g/mol. The summed E-state index contributed by atoms with van der Waals surface area (Å²) in [6.45, 7) is 3.94. The van der Waals surface area contributed by atoms with Crippen LogP contribution in [0.5, 0.6) is 5.75 Å². The smallest absolute Gasteiger partial charge is 0.127 e. The summed E-state index contributed by atoms with van der Waals surface area (Å²) in [5.41, 5.74) is 7.85. The summed E-state index contributed by atoms with van der Waals surface area (Å²) in [5.74, 6) is 1.01. The lowest BCUT2D eigenvalue weighted by molar-refractivity contribution is 0.302. The lowest BCUT2D eigenvalue weighted by Gasteiger charge is -2.23. The lowest BCUT2D eigenvalue weighted by atomic mass is 9.92. The molecule has 1 saturated heterocycles. The molecule has 1 fully saturated rings. The van der Waals surface area contributed by atoms with E-state index in [1.54, 1.807) is 0 Å². The van der Waals surface area contributed by atoms with Crippen LogP contribution in [0.25, 0.3) is 11.1 Å². The second kappa shape index (κ2) is 4.61. The molecule has 4 rings (SSSR count). The van der Waals surface area contributed by atoms with Crippen molar-refractivity contribution in [2.45, 2.75) is 24.9 Å². The Kier molecular flexibility index (Phi) is 2.86. The van der Waals surface area contributed by atoms with Gasteiger partial charge >= 0.3 is 0 Å². The van der Waals surface area contributed by atoms with Gasteiger partial charge in [-0.3, -0.25) is 0 Å².